The molecule has 9 nitrogen and oxygen atoms in total. The maximum atomic E-state index is 12.2. The van der Waals surface area contributed by atoms with Crippen molar-refractivity contribution in [3.63, 3.8) is 0 Å². The van der Waals surface area contributed by atoms with E-state index in [4.69, 9.17) is 9.57 Å². The van der Waals surface area contributed by atoms with Gasteiger partial charge in [-0.3, -0.25) is 14.6 Å². The van der Waals surface area contributed by atoms with Crippen LogP contribution < -0.4 is 16.1 Å². The fourth-order valence-electron chi connectivity index (χ4n) is 3.92. The van der Waals surface area contributed by atoms with Crippen LogP contribution >= 0.6 is 0 Å². The fourth-order valence-corrected chi connectivity index (χ4v) is 3.92. The van der Waals surface area contributed by atoms with Gasteiger partial charge in [0.05, 0.1) is 18.1 Å². The first-order valence-corrected chi connectivity index (χ1v) is 11.7. The Morgan fingerprint density at radius 2 is 1.97 bits per heavy atom. The molecule has 32 heavy (non-hydrogen) atoms. The lowest BCUT2D eigenvalue weighted by atomic mass is 9.87. The summed E-state index contributed by atoms with van der Waals surface area (Å²) < 4.78 is 5.39. The predicted molar refractivity (Wildman–Crippen MR) is 121 cm³/mol. The van der Waals surface area contributed by atoms with Crippen molar-refractivity contribution >= 4 is 23.7 Å². The van der Waals surface area contributed by atoms with Gasteiger partial charge in [0, 0.05) is 38.1 Å². The Kier molecular flexibility index (Phi) is 9.90. The lowest BCUT2D eigenvalue weighted by Gasteiger charge is -2.21. The van der Waals surface area contributed by atoms with Crippen LogP contribution in [0, 0.1) is 5.92 Å². The number of anilines is 1. The highest BCUT2D eigenvalue weighted by Gasteiger charge is 2.17. The minimum atomic E-state index is -0.388. The number of carbonyl (C=O) groups is 2. The van der Waals surface area contributed by atoms with E-state index < -0.39 is 0 Å². The van der Waals surface area contributed by atoms with E-state index in [-0.39, 0.29) is 24.1 Å². The van der Waals surface area contributed by atoms with Crippen LogP contribution in [0.2, 0.25) is 0 Å². The number of nitrogens with zero attached hydrogens (tertiary/aromatic N) is 2. The molecule has 2 aliphatic rings. The molecule has 0 bridgehead atoms. The number of carbonyl (C=O) groups excluding carboxylic acids is 2. The number of hydrogen-bond acceptors (Lipinski definition) is 7. The minimum absolute atomic E-state index is 0.0194. The van der Waals surface area contributed by atoms with Gasteiger partial charge in [-0.25, -0.2) is 15.3 Å². The monoisotopic (exact) mass is 445 g/mol. The van der Waals surface area contributed by atoms with Crippen LogP contribution in [0.15, 0.2) is 18.5 Å². The zero-order valence-electron chi connectivity index (χ0n) is 18.8. The topological polar surface area (TPSA) is 114 Å². The van der Waals surface area contributed by atoms with E-state index in [0.29, 0.717) is 37.0 Å². The third kappa shape index (κ3) is 8.92. The maximum absolute atomic E-state index is 12.2. The maximum Gasteiger partial charge on any atom is 0.267 e. The molecule has 2 amide bonds. The van der Waals surface area contributed by atoms with Crippen molar-refractivity contribution in [3.05, 3.63) is 24.2 Å². The van der Waals surface area contributed by atoms with Crippen molar-refractivity contribution < 1.29 is 19.2 Å². The molecule has 1 saturated carbocycles. The zero-order chi connectivity index (χ0) is 22.6. The van der Waals surface area contributed by atoms with Gasteiger partial charge in [-0.15, -0.1) is 0 Å². The number of hydrogen-bond donors (Lipinski definition) is 3. The van der Waals surface area contributed by atoms with Crippen LogP contribution in [0.4, 0.5) is 5.82 Å². The number of aromatic nitrogens is 2. The van der Waals surface area contributed by atoms with Gasteiger partial charge in [-0.2, -0.15) is 0 Å². The second-order valence-electron chi connectivity index (χ2n) is 8.60. The summed E-state index contributed by atoms with van der Waals surface area (Å²) in [4.78, 5) is 37.8. The molecule has 3 N–H and O–H groups in total. The van der Waals surface area contributed by atoms with E-state index in [1.54, 1.807) is 18.5 Å². The summed E-state index contributed by atoms with van der Waals surface area (Å²) in [6, 6.07) is 0.0194. The highest BCUT2D eigenvalue weighted by molar-refractivity contribution is 5.90. The molecule has 1 unspecified atom stereocenters. The number of hydroxylamine groups is 1. The highest BCUT2D eigenvalue weighted by Crippen LogP contribution is 2.26. The summed E-state index contributed by atoms with van der Waals surface area (Å²) in [6.45, 7) is 3.16. The van der Waals surface area contributed by atoms with Crippen LogP contribution in [0.5, 0.6) is 0 Å². The summed E-state index contributed by atoms with van der Waals surface area (Å²) >= 11 is 0. The van der Waals surface area contributed by atoms with Crippen molar-refractivity contribution in [1.82, 2.24) is 20.8 Å². The molecule has 1 aliphatic heterocycles. The lowest BCUT2D eigenvalue weighted by molar-refractivity contribution is -0.198. The van der Waals surface area contributed by atoms with Gasteiger partial charge in [-0.05, 0) is 44.6 Å². The third-order valence-corrected chi connectivity index (χ3v) is 5.70. The molecule has 1 aromatic heterocycles. The summed E-state index contributed by atoms with van der Waals surface area (Å²) in [5.41, 5.74) is 2.91. The summed E-state index contributed by atoms with van der Waals surface area (Å²) in [5.74, 6) is 0.876. The number of ether oxygens (including phenoxy) is 1. The molecular weight excluding hydrogens is 410 g/mol. The van der Waals surface area contributed by atoms with Gasteiger partial charge < -0.3 is 15.4 Å². The average molecular weight is 446 g/mol. The quantitative estimate of drug-likeness (QED) is 0.375. The Hall–Kier alpha value is -2.52. The molecule has 9 heteroatoms. The molecule has 1 aliphatic carbocycles. The van der Waals surface area contributed by atoms with E-state index in [9.17, 15) is 9.59 Å². The zero-order valence-corrected chi connectivity index (χ0v) is 18.8. The van der Waals surface area contributed by atoms with Crippen molar-refractivity contribution in [1.29, 1.82) is 0 Å². The normalized spacial score (nSPS) is 20.6. The third-order valence-electron chi connectivity index (χ3n) is 5.70. The lowest BCUT2D eigenvalue weighted by Crippen LogP contribution is -2.35. The van der Waals surface area contributed by atoms with Crippen molar-refractivity contribution in [2.45, 2.75) is 77.0 Å². The molecule has 1 saturated heterocycles. The van der Waals surface area contributed by atoms with E-state index in [2.05, 4.69) is 26.1 Å². The summed E-state index contributed by atoms with van der Waals surface area (Å²) in [6.07, 6.45) is 15.3. The van der Waals surface area contributed by atoms with Gasteiger partial charge in [0.25, 0.3) is 5.91 Å². The molecule has 0 spiro atoms. The molecular formula is C23H35N5O4. The van der Waals surface area contributed by atoms with E-state index in [1.807, 2.05) is 6.92 Å². The molecule has 0 radical (unpaired) electrons. The molecule has 1 aromatic rings. The Bertz CT molecular complexity index is 743. The Labute approximate surface area is 189 Å². The van der Waals surface area contributed by atoms with Gasteiger partial charge in [-0.1, -0.05) is 19.3 Å². The van der Waals surface area contributed by atoms with E-state index >= 15 is 0 Å². The van der Waals surface area contributed by atoms with Crippen LogP contribution in [-0.4, -0.2) is 47.3 Å². The van der Waals surface area contributed by atoms with Crippen LogP contribution in [0.1, 0.15) is 70.4 Å². The first-order chi connectivity index (χ1) is 15.6. The van der Waals surface area contributed by atoms with E-state index in [1.165, 1.54) is 38.2 Å². The molecule has 3 rings (SSSR count). The molecule has 2 fully saturated rings. The average Bonchev–Trinajstić information content (AvgIpc) is 2.82. The first-order valence-electron chi connectivity index (χ1n) is 11.7. The number of amides is 2. The van der Waals surface area contributed by atoms with Gasteiger partial charge in [0.15, 0.2) is 6.29 Å². The molecule has 176 valence electrons. The van der Waals surface area contributed by atoms with Crippen LogP contribution in [-0.2, 0) is 19.2 Å². The van der Waals surface area contributed by atoms with E-state index in [0.717, 1.165) is 19.3 Å². The van der Waals surface area contributed by atoms with Gasteiger partial charge in [0.2, 0.25) is 5.91 Å². The Morgan fingerprint density at radius 1 is 1.16 bits per heavy atom. The molecule has 0 aromatic carbocycles. The Balaban J connectivity index is 1.33. The fraction of sp³-hybridized carbons (Fsp3) is 0.652. The second-order valence-corrected chi connectivity index (χ2v) is 8.60. The van der Waals surface area contributed by atoms with Crippen molar-refractivity contribution in [2.24, 2.45) is 5.92 Å². The standard InChI is InChI=1S/C23H35N5O4/c1-17(14-26-22(30)13-18-7-3-2-4-8-18)27-20-16-24-19(15-25-20)10-11-21(29)28-32-23-9-5-6-12-31-23/h10-11,15-18,23H,2-9,12-14H2,1H3,(H,25,27)(H,26,30)(H,28,29)/b11-10+/t17-,23?/m1/s1. The van der Waals surface area contributed by atoms with Gasteiger partial charge in [0.1, 0.15) is 5.82 Å². The number of nitrogens with one attached hydrogen (secondary N) is 3. The predicted octanol–water partition coefficient (Wildman–Crippen LogP) is 2.95. The largest absolute Gasteiger partial charge is 0.365 e. The molecule has 2 atom stereocenters. The SMILES string of the molecule is C[C@H](CNC(=O)CC1CCCCC1)Nc1cnc(/C=C/C(=O)NOC2CCCCO2)cn1. The highest BCUT2D eigenvalue weighted by atomic mass is 16.8. The van der Waals surface area contributed by atoms with Crippen LogP contribution in [0.25, 0.3) is 6.08 Å². The van der Waals surface area contributed by atoms with Crippen molar-refractivity contribution in [3.8, 4) is 0 Å². The first kappa shape index (κ1) is 24.1. The smallest absolute Gasteiger partial charge is 0.267 e. The second kappa shape index (κ2) is 13.1. The molecule has 2 heterocycles. The Morgan fingerprint density at radius 3 is 2.69 bits per heavy atom. The van der Waals surface area contributed by atoms with Gasteiger partial charge >= 0.3 is 0 Å². The number of rotatable bonds is 10. The van der Waals surface area contributed by atoms with Crippen molar-refractivity contribution in [2.75, 3.05) is 18.5 Å². The summed E-state index contributed by atoms with van der Waals surface area (Å²) in [5, 5.41) is 6.23. The minimum Gasteiger partial charge on any atom is -0.365 e. The summed E-state index contributed by atoms with van der Waals surface area (Å²) in [7, 11) is 0. The van der Waals surface area contributed by atoms with Crippen LogP contribution in [0.3, 0.4) is 0 Å².